The second-order valence-corrected chi connectivity index (χ2v) is 5.56. The minimum atomic E-state index is -0.404. The Hall–Kier alpha value is -1.43. The molecule has 0 aliphatic rings. The zero-order valence-electron chi connectivity index (χ0n) is 10.3. The summed E-state index contributed by atoms with van der Waals surface area (Å²) in [6.07, 6.45) is 0. The standard InChI is InChI=1S/C13H13ClN2O2S/c1-9(13-3-2-6-19-13)15-8-10-4-5-11(14)7-12(10)16(17)18/h2-7,9,15H,8H2,1H3/t9-/m1/s1. The average molecular weight is 297 g/mol. The topological polar surface area (TPSA) is 55.2 Å². The maximum absolute atomic E-state index is 11.0. The first-order valence-electron chi connectivity index (χ1n) is 5.77. The monoisotopic (exact) mass is 296 g/mol. The SMILES string of the molecule is C[C@@H](NCc1ccc(Cl)cc1[N+](=O)[O-])c1cccs1. The van der Waals surface area contributed by atoms with Crippen molar-refractivity contribution in [2.75, 3.05) is 0 Å². The van der Waals surface area contributed by atoms with Gasteiger partial charge in [0.2, 0.25) is 0 Å². The predicted molar refractivity (Wildman–Crippen MR) is 77.7 cm³/mol. The minimum Gasteiger partial charge on any atom is -0.305 e. The minimum absolute atomic E-state index is 0.0541. The molecule has 0 saturated carbocycles. The van der Waals surface area contributed by atoms with Crippen LogP contribution in [0.1, 0.15) is 23.4 Å². The molecule has 0 saturated heterocycles. The highest BCUT2D eigenvalue weighted by molar-refractivity contribution is 7.10. The molecule has 19 heavy (non-hydrogen) atoms. The molecule has 0 radical (unpaired) electrons. The predicted octanol–water partition coefficient (Wildman–Crippen LogP) is 4.16. The van der Waals surface area contributed by atoms with E-state index in [0.717, 1.165) is 0 Å². The van der Waals surface area contributed by atoms with Crippen LogP contribution in [0.15, 0.2) is 35.7 Å². The Kier molecular flexibility index (Phi) is 4.52. The lowest BCUT2D eigenvalue weighted by molar-refractivity contribution is -0.385. The van der Waals surface area contributed by atoms with Gasteiger partial charge in [0.1, 0.15) is 0 Å². The molecule has 4 nitrogen and oxygen atoms in total. The third kappa shape index (κ3) is 3.53. The molecule has 0 amide bonds. The van der Waals surface area contributed by atoms with E-state index in [1.165, 1.54) is 10.9 Å². The maximum Gasteiger partial charge on any atom is 0.275 e. The van der Waals surface area contributed by atoms with E-state index in [9.17, 15) is 10.1 Å². The Morgan fingerprint density at radius 2 is 2.26 bits per heavy atom. The van der Waals surface area contributed by atoms with Crippen LogP contribution in [-0.4, -0.2) is 4.92 Å². The lowest BCUT2D eigenvalue weighted by atomic mass is 10.1. The van der Waals surface area contributed by atoms with Crippen molar-refractivity contribution >= 4 is 28.6 Å². The molecule has 6 heteroatoms. The van der Waals surface area contributed by atoms with E-state index >= 15 is 0 Å². The van der Waals surface area contributed by atoms with Crippen LogP contribution in [0, 0.1) is 10.1 Å². The van der Waals surface area contributed by atoms with Crippen LogP contribution in [0.2, 0.25) is 5.02 Å². The van der Waals surface area contributed by atoms with E-state index in [1.807, 2.05) is 24.4 Å². The fraction of sp³-hybridized carbons (Fsp3) is 0.231. The fourth-order valence-corrected chi connectivity index (χ4v) is 2.68. The van der Waals surface area contributed by atoms with Gasteiger partial charge in [-0.05, 0) is 30.5 Å². The number of nitro groups is 1. The number of benzene rings is 1. The summed E-state index contributed by atoms with van der Waals surface area (Å²) >= 11 is 7.44. The molecular formula is C13H13ClN2O2S. The highest BCUT2D eigenvalue weighted by atomic mass is 35.5. The lowest BCUT2D eigenvalue weighted by Crippen LogP contribution is -2.17. The molecule has 1 heterocycles. The molecular weight excluding hydrogens is 284 g/mol. The molecule has 0 bridgehead atoms. The first-order chi connectivity index (χ1) is 9.08. The molecule has 100 valence electrons. The second kappa shape index (κ2) is 6.14. The Balaban J connectivity index is 2.09. The number of nitrogens with one attached hydrogen (secondary N) is 1. The van der Waals surface area contributed by atoms with Crippen molar-refractivity contribution < 1.29 is 4.92 Å². The van der Waals surface area contributed by atoms with Crippen LogP contribution in [0.3, 0.4) is 0 Å². The first kappa shape index (κ1) is 14.0. The average Bonchev–Trinajstić information content (AvgIpc) is 2.90. The van der Waals surface area contributed by atoms with E-state index in [-0.39, 0.29) is 11.7 Å². The number of hydrogen-bond donors (Lipinski definition) is 1. The van der Waals surface area contributed by atoms with E-state index in [0.29, 0.717) is 17.1 Å². The zero-order valence-corrected chi connectivity index (χ0v) is 11.9. The van der Waals surface area contributed by atoms with Crippen molar-refractivity contribution in [1.29, 1.82) is 0 Å². The summed E-state index contributed by atoms with van der Waals surface area (Å²) in [5.74, 6) is 0. The van der Waals surface area contributed by atoms with Gasteiger partial charge in [0, 0.05) is 34.1 Å². The highest BCUT2D eigenvalue weighted by Crippen LogP contribution is 2.24. The quantitative estimate of drug-likeness (QED) is 0.666. The summed E-state index contributed by atoms with van der Waals surface area (Å²) in [5, 5.41) is 16.6. The van der Waals surface area contributed by atoms with Crippen molar-refractivity contribution in [3.63, 3.8) is 0 Å². The third-order valence-corrected chi connectivity index (χ3v) is 4.10. The Morgan fingerprint density at radius 1 is 1.47 bits per heavy atom. The largest absolute Gasteiger partial charge is 0.305 e. The lowest BCUT2D eigenvalue weighted by Gasteiger charge is -2.12. The molecule has 2 rings (SSSR count). The molecule has 1 aromatic carbocycles. The molecule has 0 spiro atoms. The van der Waals surface area contributed by atoms with Gasteiger partial charge in [0.25, 0.3) is 5.69 Å². The van der Waals surface area contributed by atoms with Crippen LogP contribution < -0.4 is 5.32 Å². The maximum atomic E-state index is 11.0. The molecule has 0 aliphatic carbocycles. The van der Waals surface area contributed by atoms with Gasteiger partial charge >= 0.3 is 0 Å². The van der Waals surface area contributed by atoms with Crippen LogP contribution in [0.5, 0.6) is 0 Å². The van der Waals surface area contributed by atoms with Gasteiger partial charge in [0.05, 0.1) is 4.92 Å². The van der Waals surface area contributed by atoms with Crippen LogP contribution >= 0.6 is 22.9 Å². The van der Waals surface area contributed by atoms with Crippen molar-refractivity contribution in [1.82, 2.24) is 5.32 Å². The van der Waals surface area contributed by atoms with Gasteiger partial charge in [-0.3, -0.25) is 10.1 Å². The van der Waals surface area contributed by atoms with Crippen molar-refractivity contribution in [3.05, 3.63) is 61.3 Å². The molecule has 1 N–H and O–H groups in total. The fourth-order valence-electron chi connectivity index (χ4n) is 1.76. The van der Waals surface area contributed by atoms with Gasteiger partial charge < -0.3 is 5.32 Å². The Labute approximate surface area is 120 Å². The molecule has 0 unspecified atom stereocenters. The van der Waals surface area contributed by atoms with Gasteiger partial charge in [-0.25, -0.2) is 0 Å². The van der Waals surface area contributed by atoms with Crippen molar-refractivity contribution in [2.24, 2.45) is 0 Å². The summed E-state index contributed by atoms with van der Waals surface area (Å²) < 4.78 is 0. The van der Waals surface area contributed by atoms with Crippen LogP contribution in [0.25, 0.3) is 0 Å². The van der Waals surface area contributed by atoms with E-state index in [1.54, 1.807) is 23.5 Å². The van der Waals surface area contributed by atoms with E-state index in [4.69, 9.17) is 11.6 Å². The second-order valence-electron chi connectivity index (χ2n) is 4.15. The summed E-state index contributed by atoms with van der Waals surface area (Å²) in [4.78, 5) is 11.8. The Morgan fingerprint density at radius 3 is 2.89 bits per heavy atom. The molecule has 0 aliphatic heterocycles. The van der Waals surface area contributed by atoms with E-state index < -0.39 is 4.92 Å². The third-order valence-electron chi connectivity index (χ3n) is 2.81. The summed E-state index contributed by atoms with van der Waals surface area (Å²) in [6.45, 7) is 2.47. The number of thiophene rings is 1. The van der Waals surface area contributed by atoms with Crippen molar-refractivity contribution in [2.45, 2.75) is 19.5 Å². The van der Waals surface area contributed by atoms with Gasteiger partial charge in [-0.1, -0.05) is 17.7 Å². The number of nitrogens with zero attached hydrogens (tertiary/aromatic N) is 1. The molecule has 0 fully saturated rings. The number of nitro benzene ring substituents is 1. The summed E-state index contributed by atoms with van der Waals surface area (Å²) in [5.41, 5.74) is 0.691. The smallest absolute Gasteiger partial charge is 0.275 e. The molecule has 1 aromatic heterocycles. The van der Waals surface area contributed by atoms with Gasteiger partial charge in [0.15, 0.2) is 0 Å². The van der Waals surface area contributed by atoms with Gasteiger partial charge in [-0.15, -0.1) is 11.3 Å². The number of halogens is 1. The summed E-state index contributed by atoms with van der Waals surface area (Å²) in [7, 11) is 0. The molecule has 1 atom stereocenters. The van der Waals surface area contributed by atoms with Gasteiger partial charge in [-0.2, -0.15) is 0 Å². The number of hydrogen-bond acceptors (Lipinski definition) is 4. The Bertz CT molecular complexity index is 572. The van der Waals surface area contributed by atoms with E-state index in [2.05, 4.69) is 5.32 Å². The summed E-state index contributed by atoms with van der Waals surface area (Å²) in [6, 6.07) is 8.93. The zero-order chi connectivity index (χ0) is 13.8. The number of rotatable bonds is 5. The highest BCUT2D eigenvalue weighted by Gasteiger charge is 2.15. The normalized spacial score (nSPS) is 12.3. The van der Waals surface area contributed by atoms with Crippen LogP contribution in [-0.2, 0) is 6.54 Å². The van der Waals surface area contributed by atoms with Crippen molar-refractivity contribution in [3.8, 4) is 0 Å². The molecule has 2 aromatic rings. The first-order valence-corrected chi connectivity index (χ1v) is 7.03. The van der Waals surface area contributed by atoms with Crippen LogP contribution in [0.4, 0.5) is 5.69 Å².